The van der Waals surface area contributed by atoms with Crippen LogP contribution in [-0.2, 0) is 11.3 Å². The summed E-state index contributed by atoms with van der Waals surface area (Å²) in [5.41, 5.74) is 6.96. The van der Waals surface area contributed by atoms with Crippen molar-refractivity contribution in [3.05, 3.63) is 82.5 Å². The van der Waals surface area contributed by atoms with Crippen LogP contribution in [0.3, 0.4) is 0 Å². The molecule has 1 saturated heterocycles. The van der Waals surface area contributed by atoms with E-state index in [4.69, 9.17) is 0 Å². The predicted octanol–water partition coefficient (Wildman–Crippen LogP) is 5.93. The van der Waals surface area contributed by atoms with E-state index in [2.05, 4.69) is 37.6 Å². The Kier molecular flexibility index (Phi) is 6.54. The molecule has 214 valence electrons. The highest BCUT2D eigenvalue weighted by Crippen LogP contribution is 2.37. The molecule has 3 aromatic carbocycles. The van der Waals surface area contributed by atoms with Gasteiger partial charge in [0.25, 0.3) is 5.91 Å². The van der Waals surface area contributed by atoms with Gasteiger partial charge in [-0.25, -0.2) is 4.39 Å². The van der Waals surface area contributed by atoms with Crippen molar-refractivity contribution in [2.24, 2.45) is 5.92 Å². The molecular weight excluding hydrogens is 531 g/mol. The molecule has 4 aromatic rings. The van der Waals surface area contributed by atoms with Crippen LogP contribution >= 0.6 is 0 Å². The second kappa shape index (κ2) is 10.4. The second-order valence-corrected chi connectivity index (χ2v) is 11.5. The Labute approximate surface area is 243 Å². The summed E-state index contributed by atoms with van der Waals surface area (Å²) >= 11 is 0. The van der Waals surface area contributed by atoms with Gasteiger partial charge >= 0.3 is 0 Å². The summed E-state index contributed by atoms with van der Waals surface area (Å²) < 4.78 is 15.6. The first-order valence-corrected chi connectivity index (χ1v) is 14.6. The van der Waals surface area contributed by atoms with E-state index in [9.17, 15) is 9.59 Å². The first-order valence-electron chi connectivity index (χ1n) is 14.6. The Morgan fingerprint density at radius 1 is 1.00 bits per heavy atom. The quantitative estimate of drug-likeness (QED) is 0.270. The maximum absolute atomic E-state index is 15.6. The highest BCUT2D eigenvalue weighted by Gasteiger charge is 2.31. The van der Waals surface area contributed by atoms with Crippen molar-refractivity contribution < 1.29 is 14.0 Å². The first kappa shape index (κ1) is 26.4. The molecule has 2 aliphatic heterocycles. The maximum Gasteiger partial charge on any atom is 0.255 e. The Morgan fingerprint density at radius 3 is 2.67 bits per heavy atom. The molecule has 0 unspecified atom stereocenters. The monoisotopic (exact) mass is 564 g/mol. The number of carbonyl (C=O) groups excluding carboxylic acids is 2. The number of anilines is 2. The minimum atomic E-state index is -0.260. The summed E-state index contributed by atoms with van der Waals surface area (Å²) in [6, 6.07) is 17.0. The van der Waals surface area contributed by atoms with Gasteiger partial charge in [0, 0.05) is 54.3 Å². The smallest absolute Gasteiger partial charge is 0.255 e. The van der Waals surface area contributed by atoms with Crippen molar-refractivity contribution >= 4 is 40.0 Å². The highest BCUT2D eigenvalue weighted by atomic mass is 19.1. The molecule has 9 heteroatoms. The molecule has 2 fully saturated rings. The first-order chi connectivity index (χ1) is 20.4. The standard InChI is InChI=1S/C33H33FN6O2/c1-3-39-12-13-40-17-23-8-10-24(16-27(23)30(34)29(40)18-39)35-33(42)22-5-4-19(2)26(14-22)21-9-11-25-28(15-21)37-38-31(25)36-32(41)20-6-7-20/h4-5,8-11,14-16,20H,3,6-7,12-13,17-18H2,1-2H3,(H,35,42)(H2,36,37,38,41). The minimum absolute atomic E-state index is 0.0134. The summed E-state index contributed by atoms with van der Waals surface area (Å²) in [5.74, 6) is 0.185. The van der Waals surface area contributed by atoms with Crippen LogP contribution in [0.25, 0.3) is 27.9 Å². The lowest BCUT2D eigenvalue weighted by Gasteiger charge is -2.40. The number of benzene rings is 3. The molecule has 3 aliphatic rings. The molecule has 7 rings (SSSR count). The molecule has 2 amide bonds. The Balaban J connectivity index is 1.12. The molecule has 42 heavy (non-hydrogen) atoms. The topological polar surface area (TPSA) is 93.4 Å². The number of hydrogen-bond acceptors (Lipinski definition) is 5. The van der Waals surface area contributed by atoms with E-state index in [1.54, 1.807) is 12.1 Å². The van der Waals surface area contributed by atoms with Gasteiger partial charge in [0.15, 0.2) is 11.6 Å². The number of aromatic nitrogens is 2. The van der Waals surface area contributed by atoms with Crippen LogP contribution in [0.4, 0.5) is 15.9 Å². The van der Waals surface area contributed by atoms with Gasteiger partial charge in [-0.3, -0.25) is 19.6 Å². The van der Waals surface area contributed by atoms with E-state index in [0.29, 0.717) is 35.7 Å². The number of fused-ring (bicyclic) bond motifs is 3. The van der Waals surface area contributed by atoms with Crippen molar-refractivity contribution in [2.45, 2.75) is 33.2 Å². The lowest BCUT2D eigenvalue weighted by Crippen LogP contribution is -2.45. The number of rotatable bonds is 6. The molecule has 1 aliphatic carbocycles. The molecule has 3 N–H and O–H groups in total. The van der Waals surface area contributed by atoms with E-state index >= 15 is 4.39 Å². The number of piperazine rings is 1. The van der Waals surface area contributed by atoms with Gasteiger partial charge in [0.05, 0.1) is 11.2 Å². The number of nitrogens with zero attached hydrogens (tertiary/aromatic N) is 3. The molecule has 0 atom stereocenters. The van der Waals surface area contributed by atoms with Gasteiger partial charge in [0.2, 0.25) is 5.91 Å². The number of aromatic amines is 1. The largest absolute Gasteiger partial charge is 0.366 e. The summed E-state index contributed by atoms with van der Waals surface area (Å²) in [4.78, 5) is 29.9. The van der Waals surface area contributed by atoms with Crippen LogP contribution in [0.1, 0.15) is 46.8 Å². The molecular formula is C33H33FN6O2. The number of hydrogen-bond donors (Lipinski definition) is 3. The summed E-state index contributed by atoms with van der Waals surface area (Å²) in [5, 5.41) is 14.1. The molecule has 1 aromatic heterocycles. The third-order valence-corrected chi connectivity index (χ3v) is 8.67. The van der Waals surface area contributed by atoms with Gasteiger partial charge < -0.3 is 15.5 Å². The van der Waals surface area contributed by atoms with Crippen LogP contribution < -0.4 is 10.6 Å². The molecule has 0 spiro atoms. The van der Waals surface area contributed by atoms with Crippen molar-refractivity contribution in [3.63, 3.8) is 0 Å². The van der Waals surface area contributed by atoms with Gasteiger partial charge in [-0.1, -0.05) is 25.1 Å². The van der Waals surface area contributed by atoms with E-state index in [1.807, 2.05) is 49.4 Å². The average Bonchev–Trinajstić information content (AvgIpc) is 3.79. The summed E-state index contributed by atoms with van der Waals surface area (Å²) in [7, 11) is 0. The number of aryl methyl sites for hydroxylation is 1. The fourth-order valence-electron chi connectivity index (χ4n) is 5.92. The third kappa shape index (κ3) is 4.83. The van der Waals surface area contributed by atoms with E-state index in [-0.39, 0.29) is 23.6 Å². The SMILES string of the molecule is CCN1CCN2Cc3ccc(NC(=O)c4ccc(C)c(-c5ccc6c(NC(=O)C7CC7)n[nH]c6c5)c4)cc3C(F)=C2C1. The third-order valence-electron chi connectivity index (χ3n) is 8.67. The van der Waals surface area contributed by atoms with E-state index in [0.717, 1.165) is 71.3 Å². The Bertz CT molecular complexity index is 1770. The Hall–Kier alpha value is -4.50. The fourth-order valence-corrected chi connectivity index (χ4v) is 5.92. The predicted molar refractivity (Wildman–Crippen MR) is 163 cm³/mol. The number of H-pyrrole nitrogens is 1. The normalized spacial score (nSPS) is 16.8. The van der Waals surface area contributed by atoms with Crippen LogP contribution in [-0.4, -0.2) is 58.0 Å². The minimum Gasteiger partial charge on any atom is -0.366 e. The lowest BCUT2D eigenvalue weighted by atomic mass is 9.96. The van der Waals surface area contributed by atoms with Gasteiger partial charge in [0.1, 0.15) is 0 Å². The maximum atomic E-state index is 15.6. The van der Waals surface area contributed by atoms with Crippen molar-refractivity contribution in [2.75, 3.05) is 36.8 Å². The van der Waals surface area contributed by atoms with Gasteiger partial charge in [-0.05, 0) is 85.0 Å². The van der Waals surface area contributed by atoms with E-state index in [1.165, 1.54) is 0 Å². The number of halogens is 1. The fraction of sp³-hybridized carbons (Fsp3) is 0.303. The van der Waals surface area contributed by atoms with Crippen molar-refractivity contribution in [3.8, 4) is 11.1 Å². The van der Waals surface area contributed by atoms with Crippen molar-refractivity contribution in [1.82, 2.24) is 20.0 Å². The van der Waals surface area contributed by atoms with Crippen LogP contribution in [0, 0.1) is 12.8 Å². The van der Waals surface area contributed by atoms with E-state index < -0.39 is 0 Å². The molecule has 3 heterocycles. The van der Waals surface area contributed by atoms with Crippen LogP contribution in [0.15, 0.2) is 60.3 Å². The zero-order valence-electron chi connectivity index (χ0n) is 23.8. The summed E-state index contributed by atoms with van der Waals surface area (Å²) in [6.07, 6.45) is 1.86. The van der Waals surface area contributed by atoms with Gasteiger partial charge in [-0.2, -0.15) is 5.10 Å². The number of nitrogens with one attached hydrogen (secondary N) is 3. The molecule has 0 radical (unpaired) electrons. The van der Waals surface area contributed by atoms with Gasteiger partial charge in [-0.15, -0.1) is 0 Å². The second-order valence-electron chi connectivity index (χ2n) is 11.5. The van der Waals surface area contributed by atoms with Crippen LogP contribution in [0.5, 0.6) is 0 Å². The highest BCUT2D eigenvalue weighted by molar-refractivity contribution is 6.06. The van der Waals surface area contributed by atoms with Crippen LogP contribution in [0.2, 0.25) is 0 Å². The number of likely N-dealkylation sites (N-methyl/N-ethyl adjacent to an activating group) is 1. The number of amides is 2. The Morgan fingerprint density at radius 2 is 1.86 bits per heavy atom. The number of carbonyl (C=O) groups is 2. The molecule has 0 bridgehead atoms. The zero-order chi connectivity index (χ0) is 29.0. The molecule has 8 nitrogen and oxygen atoms in total. The molecule has 1 saturated carbocycles. The zero-order valence-corrected chi connectivity index (χ0v) is 23.8. The van der Waals surface area contributed by atoms with Crippen molar-refractivity contribution in [1.29, 1.82) is 0 Å². The summed E-state index contributed by atoms with van der Waals surface area (Å²) in [6.45, 7) is 8.02. The average molecular weight is 565 g/mol. The lowest BCUT2D eigenvalue weighted by molar-refractivity contribution is -0.117.